The van der Waals surface area contributed by atoms with Gasteiger partial charge >= 0.3 is 0 Å². The first-order chi connectivity index (χ1) is 9.65. The molecule has 3 N–H and O–H groups in total. The van der Waals surface area contributed by atoms with Crippen molar-refractivity contribution in [3.8, 4) is 0 Å². The van der Waals surface area contributed by atoms with Gasteiger partial charge in [0.25, 0.3) is 0 Å². The highest BCUT2D eigenvalue weighted by molar-refractivity contribution is 14.0. The number of rotatable bonds is 6. The third kappa shape index (κ3) is 8.54. The summed E-state index contributed by atoms with van der Waals surface area (Å²) in [7, 11) is 0. The number of benzene rings is 1. The molecule has 0 aromatic heterocycles. The molecular weight excluding hydrogens is 379 g/mol. The summed E-state index contributed by atoms with van der Waals surface area (Å²) in [5.41, 5.74) is 2.03. The van der Waals surface area contributed by atoms with Crippen LogP contribution in [0.15, 0.2) is 29.3 Å². The lowest BCUT2D eigenvalue weighted by atomic mass is 10.1. The Balaban J connectivity index is 0.00000400. The van der Waals surface area contributed by atoms with E-state index in [1.807, 2.05) is 38.1 Å². The molecule has 6 heteroatoms. The van der Waals surface area contributed by atoms with Gasteiger partial charge < -0.3 is 16.0 Å². The fourth-order valence-electron chi connectivity index (χ4n) is 1.76. The number of hydrogen-bond acceptors (Lipinski definition) is 2. The quantitative estimate of drug-likeness (QED) is 0.388. The highest BCUT2D eigenvalue weighted by Gasteiger charge is 1.98. The summed E-state index contributed by atoms with van der Waals surface area (Å²) in [4.78, 5) is 15.4. The average molecular weight is 404 g/mol. The minimum atomic E-state index is -0.0525. The molecule has 0 radical (unpaired) electrons. The molecule has 1 amide bonds. The fraction of sp³-hybridized carbons (Fsp3) is 0.467. The number of nitrogens with one attached hydrogen (secondary N) is 3. The van der Waals surface area contributed by atoms with Crippen LogP contribution in [0.4, 0.5) is 5.69 Å². The van der Waals surface area contributed by atoms with Crippen LogP contribution in [0.2, 0.25) is 0 Å². The van der Waals surface area contributed by atoms with E-state index < -0.39 is 0 Å². The Hall–Kier alpha value is -1.31. The summed E-state index contributed by atoms with van der Waals surface area (Å²) in [6.07, 6.45) is 0.876. The molecule has 0 aliphatic heterocycles. The van der Waals surface area contributed by atoms with Gasteiger partial charge in [-0.15, -0.1) is 24.0 Å². The van der Waals surface area contributed by atoms with Crippen molar-refractivity contribution in [1.82, 2.24) is 10.6 Å². The van der Waals surface area contributed by atoms with Crippen molar-refractivity contribution in [2.75, 3.05) is 25.0 Å². The van der Waals surface area contributed by atoms with Crippen molar-refractivity contribution >= 4 is 41.5 Å². The molecule has 0 heterocycles. The Morgan fingerprint density at radius 2 is 1.67 bits per heavy atom. The molecule has 0 saturated carbocycles. The molecule has 0 atom stereocenters. The van der Waals surface area contributed by atoms with Crippen LogP contribution in [0.3, 0.4) is 0 Å². The van der Waals surface area contributed by atoms with E-state index in [0.717, 1.165) is 37.7 Å². The van der Waals surface area contributed by atoms with Crippen molar-refractivity contribution in [3.63, 3.8) is 0 Å². The molecule has 0 aliphatic carbocycles. The molecule has 1 aromatic rings. The summed E-state index contributed by atoms with van der Waals surface area (Å²) in [5, 5.41) is 9.14. The van der Waals surface area contributed by atoms with Gasteiger partial charge in [-0.1, -0.05) is 12.1 Å². The van der Waals surface area contributed by atoms with Crippen molar-refractivity contribution in [3.05, 3.63) is 29.8 Å². The molecule has 0 unspecified atom stereocenters. The number of carbonyl (C=O) groups is 1. The summed E-state index contributed by atoms with van der Waals surface area (Å²) in [6, 6.07) is 7.85. The molecule has 0 fully saturated rings. The number of halogens is 1. The first kappa shape index (κ1) is 19.7. The SMILES string of the molecule is CCNC(=NCCc1ccc(NC(C)=O)cc1)NCC.I. The summed E-state index contributed by atoms with van der Waals surface area (Å²) in [6.45, 7) is 8.05. The van der Waals surface area contributed by atoms with Crippen molar-refractivity contribution < 1.29 is 4.79 Å². The summed E-state index contributed by atoms with van der Waals surface area (Å²) < 4.78 is 0. The van der Waals surface area contributed by atoms with Crippen molar-refractivity contribution in [1.29, 1.82) is 0 Å². The van der Waals surface area contributed by atoms with Crippen molar-refractivity contribution in [2.45, 2.75) is 27.2 Å². The number of carbonyl (C=O) groups excluding carboxylic acids is 1. The number of aliphatic imine (C=N–C) groups is 1. The highest BCUT2D eigenvalue weighted by atomic mass is 127. The lowest BCUT2D eigenvalue weighted by molar-refractivity contribution is -0.114. The highest BCUT2D eigenvalue weighted by Crippen LogP contribution is 2.09. The van der Waals surface area contributed by atoms with Gasteiger partial charge in [0.1, 0.15) is 0 Å². The van der Waals surface area contributed by atoms with E-state index in [9.17, 15) is 4.79 Å². The smallest absolute Gasteiger partial charge is 0.221 e. The Kier molecular flexibility index (Phi) is 10.7. The number of guanidine groups is 1. The normalized spacial score (nSPS) is 9.29. The van der Waals surface area contributed by atoms with E-state index in [0.29, 0.717) is 0 Å². The standard InChI is InChI=1S/C15H24N4O.HI/c1-4-16-15(17-5-2)18-11-10-13-6-8-14(9-7-13)19-12(3)20;/h6-9H,4-5,10-11H2,1-3H3,(H,19,20)(H2,16,17,18);1H. The Bertz CT molecular complexity index is 437. The predicted molar refractivity (Wildman–Crippen MR) is 99.5 cm³/mol. The Morgan fingerprint density at radius 3 is 2.14 bits per heavy atom. The second-order valence-corrected chi connectivity index (χ2v) is 4.42. The van der Waals surface area contributed by atoms with Crippen LogP contribution in [0, 0.1) is 0 Å². The molecule has 118 valence electrons. The van der Waals surface area contributed by atoms with Crippen LogP contribution < -0.4 is 16.0 Å². The molecule has 21 heavy (non-hydrogen) atoms. The zero-order valence-corrected chi connectivity index (χ0v) is 15.2. The minimum Gasteiger partial charge on any atom is -0.357 e. The maximum Gasteiger partial charge on any atom is 0.221 e. The van der Waals surface area contributed by atoms with Gasteiger partial charge in [-0.25, -0.2) is 0 Å². The second-order valence-electron chi connectivity index (χ2n) is 4.42. The third-order valence-corrected chi connectivity index (χ3v) is 2.63. The molecule has 0 spiro atoms. The summed E-state index contributed by atoms with van der Waals surface area (Å²) >= 11 is 0. The van der Waals surface area contributed by atoms with Gasteiger partial charge in [0.2, 0.25) is 5.91 Å². The van der Waals surface area contributed by atoms with Crippen LogP contribution in [-0.4, -0.2) is 31.5 Å². The average Bonchev–Trinajstić information content (AvgIpc) is 2.40. The molecular formula is C15H25IN4O. The predicted octanol–water partition coefficient (Wildman–Crippen LogP) is 2.38. The number of amides is 1. The van der Waals surface area contributed by atoms with E-state index >= 15 is 0 Å². The van der Waals surface area contributed by atoms with Crippen LogP contribution in [0.1, 0.15) is 26.3 Å². The van der Waals surface area contributed by atoms with Crippen LogP contribution in [-0.2, 0) is 11.2 Å². The number of nitrogens with zero attached hydrogens (tertiary/aromatic N) is 1. The van der Waals surface area contributed by atoms with Crippen molar-refractivity contribution in [2.24, 2.45) is 4.99 Å². The zero-order valence-electron chi connectivity index (χ0n) is 12.9. The van der Waals surface area contributed by atoms with Gasteiger partial charge in [-0.2, -0.15) is 0 Å². The largest absolute Gasteiger partial charge is 0.357 e. The first-order valence-electron chi connectivity index (χ1n) is 7.04. The van der Waals surface area contributed by atoms with Gasteiger partial charge in [-0.05, 0) is 38.0 Å². The van der Waals surface area contributed by atoms with E-state index in [4.69, 9.17) is 0 Å². The van der Waals surface area contributed by atoms with Gasteiger partial charge in [0, 0.05) is 32.2 Å². The minimum absolute atomic E-state index is 0. The van der Waals surface area contributed by atoms with Gasteiger partial charge in [-0.3, -0.25) is 9.79 Å². The van der Waals surface area contributed by atoms with Crippen LogP contribution >= 0.6 is 24.0 Å². The topological polar surface area (TPSA) is 65.5 Å². The lowest BCUT2D eigenvalue weighted by Crippen LogP contribution is -2.37. The lowest BCUT2D eigenvalue weighted by Gasteiger charge is -2.09. The fourth-order valence-corrected chi connectivity index (χ4v) is 1.76. The number of hydrogen-bond donors (Lipinski definition) is 3. The van der Waals surface area contributed by atoms with Crippen LogP contribution in [0.25, 0.3) is 0 Å². The first-order valence-corrected chi connectivity index (χ1v) is 7.04. The molecule has 1 rings (SSSR count). The van der Waals surface area contributed by atoms with E-state index in [1.54, 1.807) is 0 Å². The maximum atomic E-state index is 10.9. The second kappa shape index (κ2) is 11.4. The molecule has 0 aliphatic rings. The Labute approximate surface area is 144 Å². The van der Waals surface area contributed by atoms with Gasteiger partial charge in [0.15, 0.2) is 5.96 Å². The van der Waals surface area contributed by atoms with Gasteiger partial charge in [0.05, 0.1) is 0 Å². The van der Waals surface area contributed by atoms with E-state index in [-0.39, 0.29) is 29.9 Å². The van der Waals surface area contributed by atoms with Crippen LogP contribution in [0.5, 0.6) is 0 Å². The maximum absolute atomic E-state index is 10.9. The molecule has 0 saturated heterocycles. The Morgan fingerprint density at radius 1 is 1.10 bits per heavy atom. The summed E-state index contributed by atoms with van der Waals surface area (Å²) in [5.74, 6) is 0.799. The molecule has 0 bridgehead atoms. The molecule has 5 nitrogen and oxygen atoms in total. The number of anilines is 1. The zero-order chi connectivity index (χ0) is 14.8. The van der Waals surface area contributed by atoms with E-state index in [1.165, 1.54) is 12.5 Å². The van der Waals surface area contributed by atoms with E-state index in [2.05, 4.69) is 20.9 Å². The third-order valence-electron chi connectivity index (χ3n) is 2.63. The monoisotopic (exact) mass is 404 g/mol. The molecule has 1 aromatic carbocycles.